The zero-order valence-corrected chi connectivity index (χ0v) is 13.3. The van der Waals surface area contributed by atoms with Crippen molar-refractivity contribution >= 4 is 16.5 Å². The average Bonchev–Trinajstić information content (AvgIpc) is 2.71. The summed E-state index contributed by atoms with van der Waals surface area (Å²) in [7, 11) is 0. The normalized spacial score (nSPS) is 20.8. The number of nitrogens with zero attached hydrogens (tertiary/aromatic N) is 2. The molecule has 4 heteroatoms. The van der Waals surface area contributed by atoms with Gasteiger partial charge in [0, 0.05) is 30.2 Å². The molecule has 108 valence electrons. The Morgan fingerprint density at radius 3 is 3.05 bits per heavy atom. The van der Waals surface area contributed by atoms with Gasteiger partial charge in [0.1, 0.15) is 0 Å². The number of thiazole rings is 1. The minimum absolute atomic E-state index is 0.644. The van der Waals surface area contributed by atoms with E-state index in [2.05, 4.69) is 36.0 Å². The fraction of sp³-hybridized carbons (Fsp3) is 0.800. The van der Waals surface area contributed by atoms with Crippen LogP contribution in [0.5, 0.6) is 0 Å². The van der Waals surface area contributed by atoms with Crippen molar-refractivity contribution in [3.63, 3.8) is 0 Å². The van der Waals surface area contributed by atoms with Crippen LogP contribution in [-0.4, -0.2) is 24.1 Å². The highest BCUT2D eigenvalue weighted by Crippen LogP contribution is 2.28. The van der Waals surface area contributed by atoms with Crippen LogP contribution >= 0.6 is 11.3 Å². The van der Waals surface area contributed by atoms with Gasteiger partial charge in [-0.15, -0.1) is 11.3 Å². The van der Waals surface area contributed by atoms with Gasteiger partial charge in [-0.2, -0.15) is 0 Å². The second-order valence-corrected chi connectivity index (χ2v) is 7.12. The van der Waals surface area contributed by atoms with Crippen LogP contribution in [0.25, 0.3) is 0 Å². The molecule has 1 aromatic rings. The molecule has 1 aliphatic heterocycles. The first-order chi connectivity index (χ1) is 9.16. The molecule has 3 nitrogen and oxygen atoms in total. The highest BCUT2D eigenvalue weighted by molar-refractivity contribution is 7.15. The summed E-state index contributed by atoms with van der Waals surface area (Å²) in [5, 5.41) is 4.71. The molecule has 1 aliphatic rings. The second kappa shape index (κ2) is 7.25. The Bertz CT molecular complexity index is 375. The third-order valence-corrected chi connectivity index (χ3v) is 4.73. The van der Waals surface area contributed by atoms with E-state index < -0.39 is 0 Å². The molecule has 1 unspecified atom stereocenters. The van der Waals surface area contributed by atoms with Crippen molar-refractivity contribution in [2.75, 3.05) is 18.0 Å². The Hall–Kier alpha value is -0.610. The first kappa shape index (κ1) is 14.8. The van der Waals surface area contributed by atoms with Gasteiger partial charge in [0.2, 0.25) is 0 Å². The molecule has 1 aromatic heterocycles. The van der Waals surface area contributed by atoms with Crippen molar-refractivity contribution in [1.82, 2.24) is 10.3 Å². The Kier molecular flexibility index (Phi) is 5.64. The Balaban J connectivity index is 1.91. The molecule has 0 bridgehead atoms. The van der Waals surface area contributed by atoms with Crippen molar-refractivity contribution in [1.29, 1.82) is 0 Å². The summed E-state index contributed by atoms with van der Waals surface area (Å²) in [5.41, 5.74) is 0. The number of rotatable bonds is 5. The van der Waals surface area contributed by atoms with Crippen molar-refractivity contribution in [2.45, 2.75) is 59.0 Å². The predicted molar refractivity (Wildman–Crippen MR) is 83.9 cm³/mol. The molecule has 0 amide bonds. The topological polar surface area (TPSA) is 28.2 Å². The summed E-state index contributed by atoms with van der Waals surface area (Å²) in [6, 6.07) is 0.644. The van der Waals surface area contributed by atoms with E-state index >= 15 is 0 Å². The third-order valence-electron chi connectivity index (χ3n) is 3.69. The maximum absolute atomic E-state index is 4.63. The molecular weight excluding hydrogens is 254 g/mol. The summed E-state index contributed by atoms with van der Waals surface area (Å²) < 4.78 is 0. The first-order valence-corrected chi connectivity index (χ1v) is 8.40. The molecule has 2 heterocycles. The largest absolute Gasteiger partial charge is 0.345 e. The quantitative estimate of drug-likeness (QED) is 0.893. The van der Waals surface area contributed by atoms with E-state index in [-0.39, 0.29) is 0 Å². The minimum Gasteiger partial charge on any atom is -0.345 e. The van der Waals surface area contributed by atoms with Crippen molar-refractivity contribution in [3.05, 3.63) is 11.1 Å². The number of nitrogens with one attached hydrogen (secondary N) is 1. The van der Waals surface area contributed by atoms with Gasteiger partial charge in [0.05, 0.1) is 0 Å². The van der Waals surface area contributed by atoms with Crippen LogP contribution in [0.3, 0.4) is 0 Å². The molecule has 1 saturated heterocycles. The number of anilines is 1. The zero-order chi connectivity index (χ0) is 13.7. The van der Waals surface area contributed by atoms with Gasteiger partial charge < -0.3 is 10.2 Å². The Morgan fingerprint density at radius 2 is 2.26 bits per heavy atom. The number of hydrogen-bond donors (Lipinski definition) is 1. The molecule has 0 aromatic carbocycles. The first-order valence-electron chi connectivity index (χ1n) is 7.59. The van der Waals surface area contributed by atoms with E-state index in [1.54, 1.807) is 0 Å². The highest BCUT2D eigenvalue weighted by atomic mass is 32.1. The van der Waals surface area contributed by atoms with Gasteiger partial charge in [-0.1, -0.05) is 26.7 Å². The lowest BCUT2D eigenvalue weighted by Crippen LogP contribution is -2.32. The molecule has 0 aliphatic carbocycles. The summed E-state index contributed by atoms with van der Waals surface area (Å²) in [5.74, 6) is 0.707. The van der Waals surface area contributed by atoms with Crippen LogP contribution in [0.15, 0.2) is 6.20 Å². The molecule has 0 spiro atoms. The van der Waals surface area contributed by atoms with E-state index in [4.69, 9.17) is 0 Å². The lowest BCUT2D eigenvalue weighted by atomic mass is 10.1. The predicted octanol–water partition coefficient (Wildman–Crippen LogP) is 3.66. The van der Waals surface area contributed by atoms with E-state index in [0.717, 1.165) is 13.1 Å². The molecular formula is C15H27N3S. The van der Waals surface area contributed by atoms with Crippen LogP contribution in [0.2, 0.25) is 0 Å². The van der Waals surface area contributed by atoms with Gasteiger partial charge in [-0.3, -0.25) is 0 Å². The van der Waals surface area contributed by atoms with Gasteiger partial charge >= 0.3 is 0 Å². The molecule has 0 radical (unpaired) electrons. The summed E-state index contributed by atoms with van der Waals surface area (Å²) in [6.07, 6.45) is 7.40. The maximum Gasteiger partial charge on any atom is 0.185 e. The third kappa shape index (κ3) is 4.46. The smallest absolute Gasteiger partial charge is 0.185 e. The van der Waals surface area contributed by atoms with Crippen LogP contribution in [0.1, 0.15) is 51.3 Å². The Labute approximate surface area is 121 Å². The monoisotopic (exact) mass is 281 g/mol. The minimum atomic E-state index is 0.644. The van der Waals surface area contributed by atoms with Crippen molar-refractivity contribution < 1.29 is 0 Å². The standard InChI is InChI=1S/C15H27N3S/c1-12(2)9-16-10-14-11-17-15(19-14)18-8-6-4-5-7-13(18)3/h11-13,16H,4-10H2,1-3H3. The molecule has 0 saturated carbocycles. The van der Waals surface area contributed by atoms with Crippen LogP contribution < -0.4 is 10.2 Å². The van der Waals surface area contributed by atoms with Gasteiger partial charge in [0.25, 0.3) is 0 Å². The van der Waals surface area contributed by atoms with E-state index in [9.17, 15) is 0 Å². The molecule has 1 fully saturated rings. The van der Waals surface area contributed by atoms with Gasteiger partial charge in [-0.05, 0) is 32.2 Å². The highest BCUT2D eigenvalue weighted by Gasteiger charge is 2.19. The van der Waals surface area contributed by atoms with E-state index in [0.29, 0.717) is 12.0 Å². The average molecular weight is 281 g/mol. The molecule has 2 rings (SSSR count). The maximum atomic E-state index is 4.63. The summed E-state index contributed by atoms with van der Waals surface area (Å²) in [6.45, 7) is 10.0. The van der Waals surface area contributed by atoms with Crippen LogP contribution in [-0.2, 0) is 6.54 Å². The number of aromatic nitrogens is 1. The molecule has 19 heavy (non-hydrogen) atoms. The fourth-order valence-electron chi connectivity index (χ4n) is 2.55. The molecule has 1 atom stereocenters. The SMILES string of the molecule is CC(C)CNCc1cnc(N2CCCCCC2C)s1. The number of hydrogen-bond acceptors (Lipinski definition) is 4. The summed E-state index contributed by atoms with van der Waals surface area (Å²) in [4.78, 5) is 8.49. The van der Waals surface area contributed by atoms with E-state index in [1.807, 2.05) is 17.5 Å². The van der Waals surface area contributed by atoms with E-state index in [1.165, 1.54) is 42.2 Å². The second-order valence-electron chi connectivity index (χ2n) is 6.03. The fourth-order valence-corrected chi connectivity index (χ4v) is 3.56. The Morgan fingerprint density at radius 1 is 1.42 bits per heavy atom. The van der Waals surface area contributed by atoms with Gasteiger partial charge in [0.15, 0.2) is 5.13 Å². The zero-order valence-electron chi connectivity index (χ0n) is 12.5. The lowest BCUT2D eigenvalue weighted by molar-refractivity contribution is 0.554. The lowest BCUT2D eigenvalue weighted by Gasteiger charge is -2.26. The van der Waals surface area contributed by atoms with Crippen molar-refractivity contribution in [3.8, 4) is 0 Å². The summed E-state index contributed by atoms with van der Waals surface area (Å²) >= 11 is 1.86. The van der Waals surface area contributed by atoms with Crippen molar-refractivity contribution in [2.24, 2.45) is 5.92 Å². The van der Waals surface area contributed by atoms with Crippen LogP contribution in [0, 0.1) is 5.92 Å². The van der Waals surface area contributed by atoms with Gasteiger partial charge in [-0.25, -0.2) is 4.98 Å². The molecule has 1 N–H and O–H groups in total. The van der Waals surface area contributed by atoms with Crippen LogP contribution in [0.4, 0.5) is 5.13 Å².